The van der Waals surface area contributed by atoms with E-state index in [9.17, 15) is 19.5 Å². The van der Waals surface area contributed by atoms with Crippen molar-refractivity contribution in [2.45, 2.75) is 58.2 Å². The summed E-state index contributed by atoms with van der Waals surface area (Å²) in [6.45, 7) is 4.96. The van der Waals surface area contributed by atoms with Crippen LogP contribution in [0.5, 0.6) is 0 Å². The molecule has 1 saturated carbocycles. The number of hydrogen-bond acceptors (Lipinski definition) is 5. The third kappa shape index (κ3) is 6.11. The number of aliphatic carboxylic acids is 1. The van der Waals surface area contributed by atoms with Crippen molar-refractivity contribution in [3.8, 4) is 0 Å². The number of ether oxygens (including phenoxy) is 1. The molecule has 0 aromatic carbocycles. The Bertz CT molecular complexity index is 594. The van der Waals surface area contributed by atoms with Gasteiger partial charge in [0.1, 0.15) is 6.61 Å². The first-order valence-electron chi connectivity index (χ1n) is 9.35. The predicted molar refractivity (Wildman–Crippen MR) is 104 cm³/mol. The van der Waals surface area contributed by atoms with Crippen molar-refractivity contribution >= 4 is 31.7 Å². The number of rotatable bonds is 10. The van der Waals surface area contributed by atoms with Gasteiger partial charge in [-0.2, -0.15) is 0 Å². The van der Waals surface area contributed by atoms with Gasteiger partial charge < -0.3 is 31.9 Å². The van der Waals surface area contributed by atoms with Gasteiger partial charge in [0.25, 0.3) is 0 Å². The second-order valence-corrected chi connectivity index (χ2v) is 7.03. The highest BCUT2D eigenvalue weighted by Crippen LogP contribution is 2.41. The van der Waals surface area contributed by atoms with Crippen LogP contribution in [0.25, 0.3) is 0 Å². The van der Waals surface area contributed by atoms with Crippen LogP contribution >= 0.6 is 0 Å². The van der Waals surface area contributed by atoms with Crippen LogP contribution in [0.1, 0.15) is 40.0 Å². The Hall–Kier alpha value is -2.30. The van der Waals surface area contributed by atoms with E-state index in [1.807, 2.05) is 19.1 Å². The highest BCUT2D eigenvalue weighted by molar-refractivity contribution is 6.14. The third-order valence-corrected chi connectivity index (χ3v) is 5.26. The second kappa shape index (κ2) is 10.9. The smallest absolute Gasteiger partial charge is 0.309 e. The number of carboxylic acids is 1. The topological polar surface area (TPSA) is 169 Å². The lowest BCUT2D eigenvalue weighted by Gasteiger charge is -2.36. The molecule has 1 aliphatic carbocycles. The molecule has 2 amide bonds. The number of aliphatic imine (C=N–C) groups is 1. The van der Waals surface area contributed by atoms with Crippen LogP contribution in [0.4, 0.5) is 0 Å². The van der Waals surface area contributed by atoms with Crippen LogP contribution in [0.15, 0.2) is 4.99 Å². The summed E-state index contributed by atoms with van der Waals surface area (Å²) in [6, 6.07) is -0.995. The van der Waals surface area contributed by atoms with Crippen LogP contribution in [-0.2, 0) is 19.1 Å². The Morgan fingerprint density at radius 3 is 2.32 bits per heavy atom. The first-order chi connectivity index (χ1) is 13.2. The largest absolute Gasteiger partial charge is 0.481 e. The SMILES string of the molecule is [B]NC(=O)CO[C@H]1[C@@H]([C@H](NC(C)=O)C(CC)CC)[C@H](N=C(N)N)C[C@@H]1C(=O)O. The summed E-state index contributed by atoms with van der Waals surface area (Å²) in [5.74, 6) is -3.51. The number of nitrogens with one attached hydrogen (secondary N) is 2. The highest BCUT2D eigenvalue weighted by Gasteiger charge is 2.52. The quantitative estimate of drug-likeness (QED) is 0.177. The molecule has 11 heteroatoms. The maximum atomic E-state index is 11.9. The van der Waals surface area contributed by atoms with Crippen molar-refractivity contribution < 1.29 is 24.2 Å². The molecule has 1 rings (SSSR count). The number of nitrogens with zero attached hydrogens (tertiary/aromatic N) is 1. The van der Waals surface area contributed by atoms with Gasteiger partial charge >= 0.3 is 5.97 Å². The molecule has 0 bridgehead atoms. The molecule has 5 atom stereocenters. The van der Waals surface area contributed by atoms with E-state index in [2.05, 4.69) is 10.3 Å². The van der Waals surface area contributed by atoms with Crippen molar-refractivity contribution in [3.05, 3.63) is 0 Å². The lowest BCUT2D eigenvalue weighted by atomic mass is 9.80. The zero-order valence-corrected chi connectivity index (χ0v) is 16.6. The standard InChI is InChI=1S/C17H30BN5O5/c1-4-9(5-2)14(21-8(3)24)13-11(22-17(19)20)6-10(16(26)27)15(13)28-7-12(25)23-18/h9-11,13-15H,4-7H2,1-3H3,(H,21,24)(H,23,25)(H,26,27)(H4,19,20,22)/t10-,11+,13+,14+,15+/m0/s1. The minimum absolute atomic E-state index is 0.0487. The predicted octanol–water partition coefficient (Wildman–Crippen LogP) is -1.13. The number of hydrogen-bond donors (Lipinski definition) is 5. The Balaban J connectivity index is 3.38. The van der Waals surface area contributed by atoms with Gasteiger partial charge in [0.15, 0.2) is 5.96 Å². The molecule has 28 heavy (non-hydrogen) atoms. The molecule has 7 N–H and O–H groups in total. The monoisotopic (exact) mass is 395 g/mol. The molecule has 0 heterocycles. The minimum atomic E-state index is -1.08. The summed E-state index contributed by atoms with van der Waals surface area (Å²) in [5, 5.41) is 14.6. The molecular weight excluding hydrogens is 365 g/mol. The average molecular weight is 395 g/mol. The zero-order chi connectivity index (χ0) is 21.4. The van der Waals surface area contributed by atoms with Crippen molar-refractivity contribution in [1.29, 1.82) is 0 Å². The molecule has 0 aromatic heterocycles. The molecule has 0 saturated heterocycles. The second-order valence-electron chi connectivity index (χ2n) is 7.03. The summed E-state index contributed by atoms with van der Waals surface area (Å²) in [6.07, 6.45) is 0.754. The van der Waals surface area contributed by atoms with E-state index in [0.29, 0.717) is 0 Å². The number of guanidine groups is 1. The van der Waals surface area contributed by atoms with Gasteiger partial charge in [0.2, 0.25) is 19.8 Å². The summed E-state index contributed by atoms with van der Waals surface area (Å²) < 4.78 is 5.68. The summed E-state index contributed by atoms with van der Waals surface area (Å²) in [7, 11) is 5.09. The zero-order valence-electron chi connectivity index (χ0n) is 16.6. The fourth-order valence-electron chi connectivity index (χ4n) is 4.05. The van der Waals surface area contributed by atoms with Crippen LogP contribution < -0.4 is 22.0 Å². The van der Waals surface area contributed by atoms with Gasteiger partial charge in [-0.3, -0.25) is 14.4 Å². The average Bonchev–Trinajstić information content (AvgIpc) is 2.96. The van der Waals surface area contributed by atoms with E-state index in [0.717, 1.165) is 12.8 Å². The van der Waals surface area contributed by atoms with Gasteiger partial charge in [-0.15, -0.1) is 0 Å². The van der Waals surface area contributed by atoms with Crippen LogP contribution in [0, 0.1) is 17.8 Å². The lowest BCUT2D eigenvalue weighted by Crippen LogP contribution is -2.52. The van der Waals surface area contributed by atoms with Crippen molar-refractivity contribution in [2.75, 3.05) is 6.61 Å². The molecule has 0 unspecified atom stereocenters. The number of carbonyl (C=O) groups is 3. The fourth-order valence-corrected chi connectivity index (χ4v) is 4.05. The Kier molecular flexibility index (Phi) is 9.23. The van der Waals surface area contributed by atoms with Crippen LogP contribution in [0.3, 0.4) is 0 Å². The lowest BCUT2D eigenvalue weighted by molar-refractivity contribution is -0.149. The molecule has 0 aliphatic heterocycles. The van der Waals surface area contributed by atoms with Gasteiger partial charge in [0.05, 0.1) is 18.1 Å². The molecule has 1 aliphatic rings. The van der Waals surface area contributed by atoms with E-state index in [1.165, 1.54) is 6.92 Å². The highest BCUT2D eigenvalue weighted by atomic mass is 16.5. The van der Waals surface area contributed by atoms with E-state index >= 15 is 0 Å². The van der Waals surface area contributed by atoms with Crippen molar-refractivity contribution in [2.24, 2.45) is 34.2 Å². The first kappa shape index (κ1) is 23.7. The first-order valence-corrected chi connectivity index (χ1v) is 9.35. The van der Waals surface area contributed by atoms with Crippen LogP contribution in [0.2, 0.25) is 0 Å². The molecule has 156 valence electrons. The molecule has 0 spiro atoms. The van der Waals surface area contributed by atoms with Crippen molar-refractivity contribution in [1.82, 2.24) is 10.5 Å². The van der Waals surface area contributed by atoms with E-state index in [-0.39, 0.29) is 24.2 Å². The minimum Gasteiger partial charge on any atom is -0.481 e. The van der Waals surface area contributed by atoms with E-state index < -0.39 is 48.5 Å². The maximum Gasteiger partial charge on any atom is 0.309 e. The Morgan fingerprint density at radius 2 is 1.89 bits per heavy atom. The van der Waals surface area contributed by atoms with Gasteiger partial charge in [-0.1, -0.05) is 26.7 Å². The molecule has 0 aromatic rings. The number of amides is 2. The number of carboxylic acid groups (broad SMARTS) is 1. The molecular formula is C17H30BN5O5. The van der Waals surface area contributed by atoms with Gasteiger partial charge in [-0.25, -0.2) is 4.99 Å². The van der Waals surface area contributed by atoms with E-state index in [4.69, 9.17) is 24.2 Å². The Labute approximate surface area is 166 Å². The van der Waals surface area contributed by atoms with Crippen LogP contribution in [-0.4, -0.2) is 61.6 Å². The number of carbonyl (C=O) groups excluding carboxylic acids is 2. The van der Waals surface area contributed by atoms with Crippen molar-refractivity contribution in [3.63, 3.8) is 0 Å². The summed E-state index contributed by atoms with van der Waals surface area (Å²) in [4.78, 5) is 39.5. The molecule has 2 radical (unpaired) electrons. The van der Waals surface area contributed by atoms with Gasteiger partial charge in [0, 0.05) is 18.9 Å². The fraction of sp³-hybridized carbons (Fsp3) is 0.765. The number of nitrogens with two attached hydrogens (primary N) is 2. The normalized spacial score (nSPS) is 25.1. The van der Waals surface area contributed by atoms with E-state index in [1.54, 1.807) is 0 Å². The maximum absolute atomic E-state index is 11.9. The third-order valence-electron chi connectivity index (χ3n) is 5.26. The Morgan fingerprint density at radius 1 is 1.29 bits per heavy atom. The van der Waals surface area contributed by atoms with Gasteiger partial charge in [-0.05, 0) is 12.3 Å². The molecule has 1 fully saturated rings. The molecule has 10 nitrogen and oxygen atoms in total. The summed E-state index contributed by atoms with van der Waals surface area (Å²) in [5.41, 5.74) is 11.1. The summed E-state index contributed by atoms with van der Waals surface area (Å²) >= 11 is 0.